The fraction of sp³-hybridized carbons (Fsp3) is 0.0189. The summed E-state index contributed by atoms with van der Waals surface area (Å²) < 4.78 is 2.43. The third-order valence-electron chi connectivity index (χ3n) is 11.6. The van der Waals surface area contributed by atoms with Crippen LogP contribution in [0.5, 0.6) is 0 Å². The monoisotopic (exact) mass is 700 g/mol. The summed E-state index contributed by atoms with van der Waals surface area (Å²) in [4.78, 5) is 0. The Bertz CT molecular complexity index is 3000. The summed E-state index contributed by atoms with van der Waals surface area (Å²) in [5.74, 6) is 0. The van der Waals surface area contributed by atoms with E-state index < -0.39 is 5.41 Å². The Balaban J connectivity index is 1.11. The molecule has 1 aliphatic carbocycles. The topological polar surface area (TPSA) is 17.0 Å². The first-order valence-corrected chi connectivity index (χ1v) is 19.0. The molecule has 0 spiro atoms. The zero-order chi connectivity index (χ0) is 36.3. The first-order valence-electron chi connectivity index (χ1n) is 19.0. The molecule has 0 bridgehead atoms. The fourth-order valence-corrected chi connectivity index (χ4v) is 9.24. The maximum absolute atomic E-state index is 3.88. The number of nitrogens with zero attached hydrogens (tertiary/aromatic N) is 1. The third-order valence-corrected chi connectivity index (χ3v) is 11.6. The summed E-state index contributed by atoms with van der Waals surface area (Å²) in [5, 5.41) is 8.86. The van der Waals surface area contributed by atoms with Gasteiger partial charge in [-0.2, -0.15) is 0 Å². The maximum atomic E-state index is 3.88. The molecule has 0 fully saturated rings. The van der Waals surface area contributed by atoms with Crippen LogP contribution in [0.15, 0.2) is 212 Å². The second kappa shape index (κ2) is 12.5. The van der Waals surface area contributed by atoms with Crippen LogP contribution in [-0.2, 0) is 5.41 Å². The number of hydrogen-bond acceptors (Lipinski definition) is 1. The van der Waals surface area contributed by atoms with E-state index >= 15 is 0 Å². The van der Waals surface area contributed by atoms with E-state index in [9.17, 15) is 0 Å². The van der Waals surface area contributed by atoms with Gasteiger partial charge < -0.3 is 9.88 Å². The van der Waals surface area contributed by atoms with Crippen molar-refractivity contribution in [3.63, 3.8) is 0 Å². The summed E-state index contributed by atoms with van der Waals surface area (Å²) in [5.41, 5.74) is 15.2. The summed E-state index contributed by atoms with van der Waals surface area (Å²) in [6.45, 7) is 0. The van der Waals surface area contributed by atoms with Gasteiger partial charge in [-0.25, -0.2) is 0 Å². The number of anilines is 2. The van der Waals surface area contributed by atoms with E-state index in [2.05, 4.69) is 222 Å². The molecule has 0 saturated heterocycles. The Morgan fingerprint density at radius 2 is 0.945 bits per heavy atom. The largest absolute Gasteiger partial charge is 0.355 e. The van der Waals surface area contributed by atoms with Gasteiger partial charge in [-0.3, -0.25) is 0 Å². The van der Waals surface area contributed by atoms with Crippen LogP contribution in [0.2, 0.25) is 0 Å². The van der Waals surface area contributed by atoms with Gasteiger partial charge >= 0.3 is 0 Å². The predicted octanol–water partition coefficient (Wildman–Crippen LogP) is 13.7. The zero-order valence-corrected chi connectivity index (χ0v) is 30.2. The van der Waals surface area contributed by atoms with Crippen LogP contribution >= 0.6 is 0 Å². The Kier molecular flexibility index (Phi) is 7.11. The van der Waals surface area contributed by atoms with Crippen LogP contribution in [0.1, 0.15) is 22.3 Å². The van der Waals surface area contributed by atoms with E-state index in [1.807, 2.05) is 0 Å². The number of benzene rings is 9. The van der Waals surface area contributed by atoms with Gasteiger partial charge in [0.15, 0.2) is 0 Å². The lowest BCUT2D eigenvalue weighted by Gasteiger charge is -2.34. The van der Waals surface area contributed by atoms with Crippen molar-refractivity contribution < 1.29 is 0 Å². The molecule has 0 unspecified atom stereocenters. The molecule has 0 aliphatic heterocycles. The molecule has 2 nitrogen and oxygen atoms in total. The number of para-hydroxylation sites is 1. The van der Waals surface area contributed by atoms with Crippen molar-refractivity contribution in [3.8, 4) is 27.9 Å². The van der Waals surface area contributed by atoms with Crippen molar-refractivity contribution in [1.82, 2.24) is 4.57 Å². The molecule has 0 radical (unpaired) electrons. The molecular weight excluding hydrogens is 665 g/mol. The van der Waals surface area contributed by atoms with Crippen molar-refractivity contribution in [3.05, 3.63) is 235 Å². The van der Waals surface area contributed by atoms with Crippen molar-refractivity contribution in [2.45, 2.75) is 5.41 Å². The minimum atomic E-state index is -0.513. The van der Waals surface area contributed by atoms with Gasteiger partial charge in [0.05, 0.1) is 16.4 Å². The highest BCUT2D eigenvalue weighted by Crippen LogP contribution is 2.57. The van der Waals surface area contributed by atoms with Gasteiger partial charge in [0, 0.05) is 33.2 Å². The minimum absolute atomic E-state index is 0.513. The number of fused-ring (bicyclic) bond motifs is 8. The average molecular weight is 701 g/mol. The molecule has 9 aromatic carbocycles. The molecule has 0 saturated carbocycles. The first-order chi connectivity index (χ1) is 27.3. The maximum Gasteiger partial charge on any atom is 0.0714 e. The molecule has 2 heteroatoms. The normalized spacial score (nSPS) is 12.9. The van der Waals surface area contributed by atoms with Gasteiger partial charge in [0.25, 0.3) is 0 Å². The lowest BCUT2D eigenvalue weighted by Crippen LogP contribution is -2.28. The highest BCUT2D eigenvalue weighted by atomic mass is 15.0. The first kappa shape index (κ1) is 31.4. The lowest BCUT2D eigenvalue weighted by molar-refractivity contribution is 0.769. The standard InChI is InChI=1S/C53H36N2/c1-5-15-36(16-6-1)38-26-29-45-46-31-27-41(34-50(46)53(49(45)33-38,39-18-7-2-8-19-39)40-20-9-3-10-21-40)54-42-28-32-47-48-30-25-37-17-13-14-24-44(37)52(48)55(51(47)35-42)43-22-11-4-12-23-43/h1-35,54H. The zero-order valence-electron chi connectivity index (χ0n) is 30.2. The minimum Gasteiger partial charge on any atom is -0.355 e. The van der Waals surface area contributed by atoms with Crippen LogP contribution in [0.3, 0.4) is 0 Å². The molecule has 1 aliphatic rings. The number of aromatic nitrogens is 1. The summed E-state index contributed by atoms with van der Waals surface area (Å²) in [6.07, 6.45) is 0. The molecule has 0 amide bonds. The van der Waals surface area contributed by atoms with Crippen LogP contribution in [-0.4, -0.2) is 4.57 Å². The van der Waals surface area contributed by atoms with Gasteiger partial charge in [0.2, 0.25) is 0 Å². The van der Waals surface area contributed by atoms with Crippen molar-refractivity contribution in [2.24, 2.45) is 0 Å². The van der Waals surface area contributed by atoms with E-state index in [-0.39, 0.29) is 0 Å². The SMILES string of the molecule is c1ccc(-c2ccc3c(c2)C(c2ccccc2)(c2ccccc2)c2cc(Nc4ccc5c6ccc7ccccc7c6n(-c6ccccc6)c5c4)ccc2-3)cc1. The van der Waals surface area contributed by atoms with Gasteiger partial charge in [-0.1, -0.05) is 170 Å². The molecule has 0 atom stereocenters. The van der Waals surface area contributed by atoms with Crippen molar-refractivity contribution in [2.75, 3.05) is 5.32 Å². The third kappa shape index (κ3) is 4.82. The molecular formula is C53H36N2. The Hall–Kier alpha value is -7.16. The molecule has 258 valence electrons. The summed E-state index contributed by atoms with van der Waals surface area (Å²) >= 11 is 0. The van der Waals surface area contributed by atoms with Crippen LogP contribution in [0.25, 0.3) is 60.5 Å². The average Bonchev–Trinajstić information content (AvgIpc) is 3.75. The number of nitrogens with one attached hydrogen (secondary N) is 1. The molecule has 1 N–H and O–H groups in total. The van der Waals surface area contributed by atoms with Gasteiger partial charge in [-0.15, -0.1) is 0 Å². The van der Waals surface area contributed by atoms with E-state index in [1.165, 1.54) is 77.1 Å². The van der Waals surface area contributed by atoms with Crippen molar-refractivity contribution in [1.29, 1.82) is 0 Å². The molecule has 55 heavy (non-hydrogen) atoms. The Morgan fingerprint density at radius 1 is 0.382 bits per heavy atom. The Morgan fingerprint density at radius 3 is 1.67 bits per heavy atom. The van der Waals surface area contributed by atoms with E-state index in [4.69, 9.17) is 0 Å². The summed E-state index contributed by atoms with van der Waals surface area (Å²) in [7, 11) is 0. The van der Waals surface area contributed by atoms with Crippen LogP contribution < -0.4 is 5.32 Å². The molecule has 1 aromatic heterocycles. The Labute approximate surface area is 320 Å². The number of rotatable bonds is 6. The second-order valence-electron chi connectivity index (χ2n) is 14.6. The smallest absolute Gasteiger partial charge is 0.0714 e. The number of hydrogen-bond donors (Lipinski definition) is 1. The van der Waals surface area contributed by atoms with E-state index in [0.29, 0.717) is 0 Å². The van der Waals surface area contributed by atoms with E-state index in [1.54, 1.807) is 0 Å². The fourth-order valence-electron chi connectivity index (χ4n) is 9.24. The quantitative estimate of drug-likeness (QED) is 0.183. The predicted molar refractivity (Wildman–Crippen MR) is 231 cm³/mol. The van der Waals surface area contributed by atoms with Crippen LogP contribution in [0, 0.1) is 0 Å². The van der Waals surface area contributed by atoms with Gasteiger partial charge in [-0.05, 0) is 92.4 Å². The second-order valence-corrected chi connectivity index (χ2v) is 14.6. The highest BCUT2D eigenvalue weighted by Gasteiger charge is 2.46. The van der Waals surface area contributed by atoms with Gasteiger partial charge in [0.1, 0.15) is 0 Å². The highest BCUT2D eigenvalue weighted by molar-refractivity contribution is 6.19. The van der Waals surface area contributed by atoms with E-state index in [0.717, 1.165) is 17.1 Å². The molecule has 10 aromatic rings. The molecule has 1 heterocycles. The molecule has 11 rings (SSSR count). The van der Waals surface area contributed by atoms with Crippen LogP contribution in [0.4, 0.5) is 11.4 Å². The summed E-state index contributed by atoms with van der Waals surface area (Å²) in [6, 6.07) is 77.6. The van der Waals surface area contributed by atoms with Crippen molar-refractivity contribution >= 4 is 44.0 Å². The lowest BCUT2D eigenvalue weighted by atomic mass is 9.67.